The van der Waals surface area contributed by atoms with E-state index in [-0.39, 0.29) is 11.1 Å². The molecule has 2 aromatic heterocycles. The fourth-order valence-electron chi connectivity index (χ4n) is 1.90. The van der Waals surface area contributed by atoms with E-state index in [9.17, 15) is 4.79 Å². The molecule has 100 valence electrons. The predicted molar refractivity (Wildman–Crippen MR) is 83.2 cm³/mol. The van der Waals surface area contributed by atoms with Crippen LogP contribution in [0.5, 0.6) is 0 Å². The maximum absolute atomic E-state index is 12.2. The van der Waals surface area contributed by atoms with Crippen LogP contribution in [0.2, 0.25) is 5.15 Å². The second-order valence-corrected chi connectivity index (χ2v) is 5.49. The molecule has 0 radical (unpaired) electrons. The number of carbonyl (C=O) groups excluding carboxylic acids is 1. The van der Waals surface area contributed by atoms with Crippen molar-refractivity contribution in [3.05, 3.63) is 57.9 Å². The maximum Gasteiger partial charge on any atom is 0.272 e. The molecule has 0 saturated heterocycles. The fourth-order valence-corrected chi connectivity index (χ4v) is 2.38. The van der Waals surface area contributed by atoms with E-state index < -0.39 is 0 Å². The van der Waals surface area contributed by atoms with Gasteiger partial charge in [-0.25, -0.2) is 4.98 Å². The van der Waals surface area contributed by atoms with Gasteiger partial charge in [-0.15, -0.1) is 0 Å². The number of nitrogens with one attached hydrogen (secondary N) is 2. The largest absolute Gasteiger partial charge is 0.351 e. The summed E-state index contributed by atoms with van der Waals surface area (Å²) in [4.78, 5) is 19.2. The molecule has 3 rings (SSSR count). The molecule has 1 aromatic carbocycles. The monoisotopic (exact) mass is 349 g/mol. The van der Waals surface area contributed by atoms with Crippen molar-refractivity contribution in [1.82, 2.24) is 9.97 Å². The Hall–Kier alpha value is -1.85. The third-order valence-corrected chi connectivity index (χ3v) is 3.56. The van der Waals surface area contributed by atoms with E-state index in [2.05, 4.69) is 31.2 Å². The number of nitrogens with zero attached hydrogens (tertiary/aromatic N) is 1. The van der Waals surface area contributed by atoms with Crippen LogP contribution in [0, 0.1) is 0 Å². The number of hydrogen-bond acceptors (Lipinski definition) is 2. The number of benzene rings is 1. The van der Waals surface area contributed by atoms with E-state index in [1.54, 1.807) is 18.3 Å². The van der Waals surface area contributed by atoms with Crippen molar-refractivity contribution >= 4 is 50.0 Å². The lowest BCUT2D eigenvalue weighted by molar-refractivity contribution is 0.102. The summed E-state index contributed by atoms with van der Waals surface area (Å²) in [7, 11) is 0. The highest BCUT2D eigenvalue weighted by Gasteiger charge is 2.12. The molecule has 4 nitrogen and oxygen atoms in total. The number of fused-ring (bicyclic) bond motifs is 1. The first kappa shape index (κ1) is 13.1. The van der Waals surface area contributed by atoms with Gasteiger partial charge in [-0.1, -0.05) is 29.8 Å². The molecule has 0 aliphatic heterocycles. The minimum Gasteiger partial charge on any atom is -0.351 e. The van der Waals surface area contributed by atoms with Crippen LogP contribution < -0.4 is 5.32 Å². The van der Waals surface area contributed by atoms with Gasteiger partial charge in [0.1, 0.15) is 5.69 Å². The van der Waals surface area contributed by atoms with Crippen LogP contribution in [0.3, 0.4) is 0 Å². The summed E-state index contributed by atoms with van der Waals surface area (Å²) < 4.78 is 0.744. The average Bonchev–Trinajstić information content (AvgIpc) is 2.87. The van der Waals surface area contributed by atoms with Crippen LogP contribution in [0.4, 0.5) is 5.69 Å². The van der Waals surface area contributed by atoms with Crippen molar-refractivity contribution < 1.29 is 4.79 Å². The van der Waals surface area contributed by atoms with Crippen molar-refractivity contribution in [2.24, 2.45) is 0 Å². The number of anilines is 1. The highest BCUT2D eigenvalue weighted by atomic mass is 79.9. The lowest BCUT2D eigenvalue weighted by atomic mass is 10.2. The molecule has 2 heterocycles. The SMILES string of the molecule is O=C(Nc1cc(Br)cnc1Cl)c1cc2ccccc2[nH]1. The highest BCUT2D eigenvalue weighted by Crippen LogP contribution is 2.24. The lowest BCUT2D eigenvalue weighted by Gasteiger charge is -2.05. The summed E-state index contributed by atoms with van der Waals surface area (Å²) in [5, 5.41) is 3.96. The van der Waals surface area contributed by atoms with E-state index >= 15 is 0 Å². The van der Waals surface area contributed by atoms with Crippen LogP contribution in [0.15, 0.2) is 47.1 Å². The molecular weight excluding hydrogens is 342 g/mol. The Bertz CT molecular complexity index is 767. The van der Waals surface area contributed by atoms with Gasteiger partial charge in [0.2, 0.25) is 0 Å². The quantitative estimate of drug-likeness (QED) is 0.679. The van der Waals surface area contributed by atoms with E-state index in [0.29, 0.717) is 11.4 Å². The summed E-state index contributed by atoms with van der Waals surface area (Å²) in [5.74, 6) is -0.261. The standard InChI is InChI=1S/C14H9BrClN3O/c15-9-6-11(13(16)17-7-9)19-14(20)12-5-8-3-1-2-4-10(8)18-12/h1-7,18H,(H,19,20). The molecule has 6 heteroatoms. The molecule has 1 amide bonds. The zero-order valence-electron chi connectivity index (χ0n) is 10.2. The molecule has 0 fully saturated rings. The molecule has 0 spiro atoms. The molecule has 20 heavy (non-hydrogen) atoms. The summed E-state index contributed by atoms with van der Waals surface area (Å²) in [6.45, 7) is 0. The molecule has 0 saturated carbocycles. The summed E-state index contributed by atoms with van der Waals surface area (Å²) in [6.07, 6.45) is 1.57. The fraction of sp³-hybridized carbons (Fsp3) is 0. The van der Waals surface area contributed by atoms with Crippen LogP contribution in [0.1, 0.15) is 10.5 Å². The second kappa shape index (κ2) is 5.26. The van der Waals surface area contributed by atoms with Crippen molar-refractivity contribution in [2.75, 3.05) is 5.32 Å². The van der Waals surface area contributed by atoms with Gasteiger partial charge in [-0.3, -0.25) is 4.79 Å². The number of para-hydroxylation sites is 1. The second-order valence-electron chi connectivity index (χ2n) is 4.22. The van der Waals surface area contributed by atoms with E-state index in [4.69, 9.17) is 11.6 Å². The van der Waals surface area contributed by atoms with E-state index in [1.807, 2.05) is 24.3 Å². The van der Waals surface area contributed by atoms with E-state index in [0.717, 1.165) is 15.4 Å². The zero-order valence-corrected chi connectivity index (χ0v) is 12.5. The Kier molecular flexibility index (Phi) is 3.46. The van der Waals surface area contributed by atoms with Gasteiger partial charge in [0, 0.05) is 21.6 Å². The Balaban J connectivity index is 1.90. The number of aromatic nitrogens is 2. The van der Waals surface area contributed by atoms with Gasteiger partial charge in [-0.2, -0.15) is 0 Å². The number of aromatic amines is 1. The molecule has 0 aliphatic carbocycles. The van der Waals surface area contributed by atoms with Gasteiger partial charge in [0.25, 0.3) is 5.91 Å². The van der Waals surface area contributed by atoms with Crippen LogP contribution >= 0.6 is 27.5 Å². The molecular formula is C14H9BrClN3O. The number of rotatable bonds is 2. The number of H-pyrrole nitrogens is 1. The molecule has 2 N–H and O–H groups in total. The highest BCUT2D eigenvalue weighted by molar-refractivity contribution is 9.10. The van der Waals surface area contributed by atoms with Crippen molar-refractivity contribution in [3.63, 3.8) is 0 Å². The van der Waals surface area contributed by atoms with Gasteiger partial charge in [0.05, 0.1) is 5.69 Å². The van der Waals surface area contributed by atoms with Crippen molar-refractivity contribution in [2.45, 2.75) is 0 Å². The normalized spacial score (nSPS) is 10.7. The number of pyridine rings is 1. The zero-order chi connectivity index (χ0) is 14.1. The van der Waals surface area contributed by atoms with Crippen LogP contribution in [-0.4, -0.2) is 15.9 Å². The minimum absolute atomic E-state index is 0.248. The maximum atomic E-state index is 12.2. The number of carbonyl (C=O) groups is 1. The first-order valence-corrected chi connectivity index (χ1v) is 7.01. The minimum atomic E-state index is -0.261. The van der Waals surface area contributed by atoms with Crippen molar-refractivity contribution in [1.29, 1.82) is 0 Å². The van der Waals surface area contributed by atoms with Crippen LogP contribution in [0.25, 0.3) is 10.9 Å². The predicted octanol–water partition coefficient (Wildman–Crippen LogP) is 4.23. The molecule has 0 atom stereocenters. The topological polar surface area (TPSA) is 57.8 Å². The number of hydrogen-bond donors (Lipinski definition) is 2. The summed E-state index contributed by atoms with van der Waals surface area (Å²) in [6, 6.07) is 11.2. The number of halogens is 2. The molecule has 0 unspecified atom stereocenters. The number of amides is 1. The van der Waals surface area contributed by atoms with Gasteiger partial charge in [0.15, 0.2) is 5.15 Å². The van der Waals surface area contributed by atoms with Gasteiger partial charge >= 0.3 is 0 Å². The van der Waals surface area contributed by atoms with Gasteiger partial charge < -0.3 is 10.3 Å². The molecule has 3 aromatic rings. The average molecular weight is 351 g/mol. The lowest BCUT2D eigenvalue weighted by Crippen LogP contribution is -2.12. The Morgan fingerprint density at radius 3 is 2.90 bits per heavy atom. The summed E-state index contributed by atoms with van der Waals surface area (Å²) >= 11 is 9.24. The van der Waals surface area contributed by atoms with E-state index in [1.165, 1.54) is 0 Å². The third kappa shape index (κ3) is 2.55. The molecule has 0 aliphatic rings. The molecule has 0 bridgehead atoms. The first-order chi connectivity index (χ1) is 9.63. The first-order valence-electron chi connectivity index (χ1n) is 5.83. The Morgan fingerprint density at radius 2 is 2.10 bits per heavy atom. The van der Waals surface area contributed by atoms with Crippen molar-refractivity contribution in [3.8, 4) is 0 Å². The summed E-state index contributed by atoms with van der Waals surface area (Å²) in [5.41, 5.74) is 1.85. The Labute approximate surface area is 128 Å². The Morgan fingerprint density at radius 1 is 1.30 bits per heavy atom. The third-order valence-electron chi connectivity index (χ3n) is 2.83. The smallest absolute Gasteiger partial charge is 0.272 e. The van der Waals surface area contributed by atoms with Gasteiger partial charge in [-0.05, 0) is 34.1 Å². The van der Waals surface area contributed by atoms with Crippen LogP contribution in [-0.2, 0) is 0 Å².